The number of carbonyl (C=O) groups excluding carboxylic acids is 2. The summed E-state index contributed by atoms with van der Waals surface area (Å²) in [4.78, 5) is 23.4. The average molecular weight is 300 g/mol. The second kappa shape index (κ2) is 10.5. The van der Waals surface area contributed by atoms with E-state index in [4.69, 9.17) is 4.74 Å². The molecule has 0 rings (SSSR count). The van der Waals surface area contributed by atoms with Crippen LogP contribution in [0.2, 0.25) is 0 Å². The van der Waals surface area contributed by atoms with Gasteiger partial charge in [0.2, 0.25) is 5.91 Å². The second-order valence-electron chi connectivity index (χ2n) is 6.32. The van der Waals surface area contributed by atoms with Gasteiger partial charge in [-0.05, 0) is 46.5 Å². The van der Waals surface area contributed by atoms with Gasteiger partial charge in [-0.25, -0.2) is 4.79 Å². The third-order valence-corrected chi connectivity index (χ3v) is 3.09. The number of hydrogen-bond donors (Lipinski definition) is 2. The SMILES string of the molecule is CCCCNC(=O)[C@@H](CC)CCCNC(=O)OC(C)(C)C. The minimum absolute atomic E-state index is 0.0299. The fourth-order valence-electron chi connectivity index (χ4n) is 1.91. The Morgan fingerprint density at radius 1 is 1.05 bits per heavy atom. The van der Waals surface area contributed by atoms with Gasteiger partial charge in [-0.1, -0.05) is 20.3 Å². The van der Waals surface area contributed by atoms with Gasteiger partial charge in [0.05, 0.1) is 0 Å². The van der Waals surface area contributed by atoms with Crippen LogP contribution in [0.3, 0.4) is 0 Å². The minimum Gasteiger partial charge on any atom is -0.444 e. The average Bonchev–Trinajstić information content (AvgIpc) is 2.36. The molecular weight excluding hydrogens is 268 g/mol. The number of unbranched alkanes of at least 4 members (excludes halogenated alkanes) is 1. The highest BCUT2D eigenvalue weighted by atomic mass is 16.6. The maximum atomic E-state index is 11.9. The predicted molar refractivity (Wildman–Crippen MR) is 85.2 cm³/mol. The van der Waals surface area contributed by atoms with Gasteiger partial charge in [0.25, 0.3) is 0 Å². The number of ether oxygens (including phenoxy) is 1. The first kappa shape index (κ1) is 19.7. The molecule has 0 aliphatic rings. The molecule has 0 spiro atoms. The van der Waals surface area contributed by atoms with Crippen LogP contribution in [0.5, 0.6) is 0 Å². The Morgan fingerprint density at radius 3 is 2.19 bits per heavy atom. The van der Waals surface area contributed by atoms with Crippen molar-refractivity contribution in [3.63, 3.8) is 0 Å². The molecule has 0 bridgehead atoms. The number of amides is 2. The van der Waals surface area contributed by atoms with Gasteiger partial charge in [0.15, 0.2) is 0 Å². The van der Waals surface area contributed by atoms with Crippen LogP contribution >= 0.6 is 0 Å². The van der Waals surface area contributed by atoms with E-state index in [0.717, 1.165) is 38.6 Å². The maximum Gasteiger partial charge on any atom is 0.407 e. The molecule has 2 N–H and O–H groups in total. The molecule has 1 atom stereocenters. The molecule has 0 aromatic carbocycles. The standard InChI is InChI=1S/C16H32N2O3/c1-6-8-11-17-14(19)13(7-2)10-9-12-18-15(20)21-16(3,4)5/h13H,6-12H2,1-5H3,(H,17,19)(H,18,20)/t13-/m0/s1. The Hall–Kier alpha value is -1.26. The van der Waals surface area contributed by atoms with Crippen LogP contribution in [0.1, 0.15) is 66.7 Å². The van der Waals surface area contributed by atoms with Crippen molar-refractivity contribution in [2.45, 2.75) is 72.3 Å². The largest absolute Gasteiger partial charge is 0.444 e. The molecule has 0 heterocycles. The lowest BCUT2D eigenvalue weighted by Crippen LogP contribution is -2.34. The molecule has 0 fully saturated rings. The molecule has 0 aromatic heterocycles. The van der Waals surface area contributed by atoms with E-state index >= 15 is 0 Å². The van der Waals surface area contributed by atoms with Crippen molar-refractivity contribution in [1.29, 1.82) is 0 Å². The number of rotatable bonds is 9. The molecule has 0 saturated carbocycles. The Morgan fingerprint density at radius 2 is 1.67 bits per heavy atom. The van der Waals surface area contributed by atoms with Gasteiger partial charge in [-0.2, -0.15) is 0 Å². The van der Waals surface area contributed by atoms with Crippen molar-refractivity contribution >= 4 is 12.0 Å². The summed E-state index contributed by atoms with van der Waals surface area (Å²) < 4.78 is 5.15. The molecule has 0 saturated heterocycles. The molecular formula is C16H32N2O3. The normalized spacial score (nSPS) is 12.6. The summed E-state index contributed by atoms with van der Waals surface area (Å²) in [5.41, 5.74) is -0.477. The van der Waals surface area contributed by atoms with Gasteiger partial charge in [-0.3, -0.25) is 4.79 Å². The van der Waals surface area contributed by atoms with Crippen molar-refractivity contribution in [3.05, 3.63) is 0 Å². The van der Waals surface area contributed by atoms with E-state index in [2.05, 4.69) is 17.6 Å². The van der Waals surface area contributed by atoms with Crippen LogP contribution in [-0.2, 0) is 9.53 Å². The van der Waals surface area contributed by atoms with E-state index in [9.17, 15) is 9.59 Å². The Balaban J connectivity index is 3.86. The Bertz CT molecular complexity index is 311. The van der Waals surface area contributed by atoms with E-state index < -0.39 is 11.7 Å². The molecule has 5 heteroatoms. The van der Waals surface area contributed by atoms with Gasteiger partial charge < -0.3 is 15.4 Å². The number of alkyl carbamates (subject to hydrolysis) is 1. The molecule has 5 nitrogen and oxygen atoms in total. The van der Waals surface area contributed by atoms with Crippen LogP contribution in [0.15, 0.2) is 0 Å². The lowest BCUT2D eigenvalue weighted by Gasteiger charge is -2.20. The summed E-state index contributed by atoms with van der Waals surface area (Å²) in [5, 5.41) is 5.68. The number of nitrogens with one attached hydrogen (secondary N) is 2. The van der Waals surface area contributed by atoms with Crippen LogP contribution < -0.4 is 10.6 Å². The number of hydrogen-bond acceptors (Lipinski definition) is 3. The van der Waals surface area contributed by atoms with Crippen LogP contribution in [-0.4, -0.2) is 30.7 Å². The van der Waals surface area contributed by atoms with Gasteiger partial charge in [0, 0.05) is 19.0 Å². The topological polar surface area (TPSA) is 67.4 Å². The first-order valence-corrected chi connectivity index (χ1v) is 8.04. The predicted octanol–water partition coefficient (Wildman–Crippen LogP) is 3.23. The fraction of sp³-hybridized carbons (Fsp3) is 0.875. The minimum atomic E-state index is -0.477. The highest BCUT2D eigenvalue weighted by molar-refractivity contribution is 5.78. The summed E-state index contributed by atoms with van der Waals surface area (Å²) in [5.74, 6) is 0.158. The summed E-state index contributed by atoms with van der Waals surface area (Å²) >= 11 is 0. The van der Waals surface area contributed by atoms with Crippen molar-refractivity contribution in [3.8, 4) is 0 Å². The summed E-state index contributed by atoms with van der Waals surface area (Å²) in [6.45, 7) is 10.9. The number of carbonyl (C=O) groups is 2. The van der Waals surface area contributed by atoms with Crippen molar-refractivity contribution in [2.24, 2.45) is 5.92 Å². The second-order valence-corrected chi connectivity index (χ2v) is 6.32. The molecule has 2 amide bonds. The summed E-state index contributed by atoms with van der Waals surface area (Å²) in [7, 11) is 0. The first-order valence-electron chi connectivity index (χ1n) is 8.04. The lowest BCUT2D eigenvalue weighted by atomic mass is 9.99. The van der Waals surface area contributed by atoms with Crippen molar-refractivity contribution < 1.29 is 14.3 Å². The third-order valence-electron chi connectivity index (χ3n) is 3.09. The van der Waals surface area contributed by atoms with E-state index in [-0.39, 0.29) is 11.8 Å². The highest BCUT2D eigenvalue weighted by Crippen LogP contribution is 2.11. The third kappa shape index (κ3) is 11.1. The lowest BCUT2D eigenvalue weighted by molar-refractivity contribution is -0.125. The van der Waals surface area contributed by atoms with E-state index in [1.54, 1.807) is 0 Å². The van der Waals surface area contributed by atoms with Gasteiger partial charge in [-0.15, -0.1) is 0 Å². The van der Waals surface area contributed by atoms with E-state index in [1.807, 2.05) is 27.7 Å². The monoisotopic (exact) mass is 300 g/mol. The zero-order valence-electron chi connectivity index (χ0n) is 14.3. The Kier molecular flexibility index (Phi) is 9.84. The summed E-state index contributed by atoms with van der Waals surface area (Å²) in [6, 6.07) is 0. The fourth-order valence-corrected chi connectivity index (χ4v) is 1.91. The van der Waals surface area contributed by atoms with Crippen molar-refractivity contribution in [2.75, 3.05) is 13.1 Å². The van der Waals surface area contributed by atoms with Crippen LogP contribution in [0.25, 0.3) is 0 Å². The van der Waals surface area contributed by atoms with E-state index in [1.165, 1.54) is 0 Å². The van der Waals surface area contributed by atoms with Crippen LogP contribution in [0.4, 0.5) is 4.79 Å². The molecule has 124 valence electrons. The first-order chi connectivity index (χ1) is 9.80. The molecule has 0 aliphatic heterocycles. The Labute approximate surface area is 129 Å². The molecule has 0 radical (unpaired) electrons. The van der Waals surface area contributed by atoms with Gasteiger partial charge in [0.1, 0.15) is 5.60 Å². The maximum absolute atomic E-state index is 11.9. The zero-order valence-corrected chi connectivity index (χ0v) is 14.3. The highest BCUT2D eigenvalue weighted by Gasteiger charge is 2.17. The quantitative estimate of drug-likeness (QED) is 0.642. The van der Waals surface area contributed by atoms with Crippen molar-refractivity contribution in [1.82, 2.24) is 10.6 Å². The zero-order chi connectivity index (χ0) is 16.3. The molecule has 21 heavy (non-hydrogen) atoms. The molecule has 0 aromatic rings. The van der Waals surface area contributed by atoms with Gasteiger partial charge >= 0.3 is 6.09 Å². The van der Waals surface area contributed by atoms with Crippen LogP contribution in [0, 0.1) is 5.92 Å². The van der Waals surface area contributed by atoms with E-state index in [0.29, 0.717) is 6.54 Å². The molecule has 0 unspecified atom stereocenters. The smallest absolute Gasteiger partial charge is 0.407 e. The summed E-state index contributed by atoms with van der Waals surface area (Å²) in [6.07, 6.45) is 4.08. The molecule has 0 aliphatic carbocycles.